The van der Waals surface area contributed by atoms with E-state index in [1.807, 2.05) is 6.07 Å². The minimum absolute atomic E-state index is 0.0230. The van der Waals surface area contributed by atoms with Crippen LogP contribution in [0.5, 0.6) is 5.75 Å². The van der Waals surface area contributed by atoms with Crippen LogP contribution < -0.4 is 20.9 Å². The molecular weight excluding hydrogens is 507 g/mol. The van der Waals surface area contributed by atoms with Crippen LogP contribution in [0.3, 0.4) is 0 Å². The Balaban J connectivity index is 1.35. The number of piperidine rings is 1. The van der Waals surface area contributed by atoms with Gasteiger partial charge in [0.05, 0.1) is 12.8 Å². The fourth-order valence-corrected chi connectivity index (χ4v) is 6.06. The first kappa shape index (κ1) is 26.2. The number of aryl methyl sites for hydroxylation is 1. The fourth-order valence-electron chi connectivity index (χ4n) is 5.74. The first-order chi connectivity index (χ1) is 18.3. The summed E-state index contributed by atoms with van der Waals surface area (Å²) in [6.07, 6.45) is 2.71. The lowest BCUT2D eigenvalue weighted by molar-refractivity contribution is 0.187. The Bertz CT molecular complexity index is 1500. The second-order valence-electron chi connectivity index (χ2n) is 9.90. The van der Waals surface area contributed by atoms with E-state index in [9.17, 15) is 9.18 Å². The number of halogens is 2. The number of nitrogens with two attached hydrogens (primary N) is 1. The molecule has 38 heavy (non-hydrogen) atoms. The lowest BCUT2D eigenvalue weighted by Gasteiger charge is -2.42. The van der Waals surface area contributed by atoms with E-state index in [1.165, 1.54) is 41.0 Å². The standard InChI is InChI=1S/C29H30ClFN4O3/c1-18-33-24(16-25(36)35(18)23-9-8-22(31)27(38-3)26(23)30)34-12-10-29(11-13-34)17-20-7-6-19(5-4-14-37-2)15-21(20)28(29)32/h6-9,15-16,28H,10-14,17,32H2,1-3H3/t28-/m1/s1. The summed E-state index contributed by atoms with van der Waals surface area (Å²) in [5.41, 5.74) is 10.2. The third-order valence-electron chi connectivity index (χ3n) is 7.76. The number of rotatable bonds is 4. The van der Waals surface area contributed by atoms with Gasteiger partial charge in [-0.2, -0.15) is 0 Å². The zero-order valence-corrected chi connectivity index (χ0v) is 22.4. The lowest BCUT2D eigenvalue weighted by atomic mass is 9.73. The van der Waals surface area contributed by atoms with E-state index >= 15 is 0 Å². The van der Waals surface area contributed by atoms with Gasteiger partial charge in [-0.1, -0.05) is 29.5 Å². The molecule has 7 nitrogen and oxygen atoms in total. The van der Waals surface area contributed by atoms with Crippen LogP contribution >= 0.6 is 11.6 Å². The molecular formula is C29H30ClFN4O3. The zero-order valence-electron chi connectivity index (χ0n) is 21.7. The molecule has 0 bridgehead atoms. The molecule has 9 heteroatoms. The molecule has 198 valence electrons. The summed E-state index contributed by atoms with van der Waals surface area (Å²) < 4.78 is 25.5. The molecule has 1 aliphatic heterocycles. The Kier molecular flexibility index (Phi) is 7.19. The molecule has 1 aromatic heterocycles. The minimum Gasteiger partial charge on any atom is -0.492 e. The van der Waals surface area contributed by atoms with Crippen LogP contribution in [0.4, 0.5) is 10.2 Å². The predicted molar refractivity (Wildman–Crippen MR) is 146 cm³/mol. The molecule has 0 radical (unpaired) electrons. The number of hydrogen-bond donors (Lipinski definition) is 1. The van der Waals surface area contributed by atoms with Crippen molar-refractivity contribution >= 4 is 17.4 Å². The first-order valence-electron chi connectivity index (χ1n) is 12.5. The van der Waals surface area contributed by atoms with E-state index in [2.05, 4.69) is 28.9 Å². The van der Waals surface area contributed by atoms with Gasteiger partial charge < -0.3 is 20.1 Å². The number of nitrogens with zero attached hydrogens (tertiary/aromatic N) is 3. The van der Waals surface area contributed by atoms with Gasteiger partial charge in [0.15, 0.2) is 11.6 Å². The van der Waals surface area contributed by atoms with Crippen molar-refractivity contribution in [3.63, 3.8) is 0 Å². The van der Waals surface area contributed by atoms with Crippen molar-refractivity contribution in [2.24, 2.45) is 11.1 Å². The number of anilines is 1. The summed E-state index contributed by atoms with van der Waals surface area (Å²) in [6.45, 7) is 3.61. The molecule has 2 N–H and O–H groups in total. The molecule has 0 unspecified atom stereocenters. The molecule has 0 amide bonds. The Morgan fingerprint density at radius 2 is 1.97 bits per heavy atom. The maximum atomic E-state index is 14.0. The summed E-state index contributed by atoms with van der Waals surface area (Å²) in [7, 11) is 2.96. The van der Waals surface area contributed by atoms with E-state index in [0.717, 1.165) is 37.9 Å². The smallest absolute Gasteiger partial charge is 0.260 e. The molecule has 1 saturated heterocycles. The highest BCUT2D eigenvalue weighted by Crippen LogP contribution is 2.51. The average molecular weight is 537 g/mol. The third kappa shape index (κ3) is 4.55. The quantitative estimate of drug-likeness (QED) is 0.504. The highest BCUT2D eigenvalue weighted by Gasteiger charge is 2.46. The minimum atomic E-state index is -0.596. The van der Waals surface area contributed by atoms with Gasteiger partial charge in [0, 0.05) is 37.9 Å². The molecule has 2 aromatic carbocycles. The molecule has 1 atom stereocenters. The maximum Gasteiger partial charge on any atom is 0.260 e. The van der Waals surface area contributed by atoms with Crippen molar-refractivity contribution in [3.05, 3.63) is 80.1 Å². The van der Waals surface area contributed by atoms with Crippen molar-refractivity contribution in [2.45, 2.75) is 32.2 Å². The highest BCUT2D eigenvalue weighted by molar-refractivity contribution is 6.33. The predicted octanol–water partition coefficient (Wildman–Crippen LogP) is 4.18. The summed E-state index contributed by atoms with van der Waals surface area (Å²) in [6, 6.07) is 10.4. The normalized spacial score (nSPS) is 17.7. The molecule has 2 heterocycles. The Hall–Kier alpha value is -3.38. The topological polar surface area (TPSA) is 82.6 Å². The van der Waals surface area contributed by atoms with Crippen LogP contribution in [-0.4, -0.2) is 43.5 Å². The van der Waals surface area contributed by atoms with Gasteiger partial charge in [-0.05, 0) is 67.0 Å². The summed E-state index contributed by atoms with van der Waals surface area (Å²) in [4.78, 5) is 20.0. The van der Waals surface area contributed by atoms with Crippen LogP contribution in [0.1, 0.15) is 41.4 Å². The lowest BCUT2D eigenvalue weighted by Crippen LogP contribution is -2.45. The Labute approximate surface area is 226 Å². The van der Waals surface area contributed by atoms with E-state index in [4.69, 9.17) is 31.8 Å². The number of fused-ring (bicyclic) bond motifs is 1. The first-order valence-corrected chi connectivity index (χ1v) is 12.9. The van der Waals surface area contributed by atoms with Crippen molar-refractivity contribution in [1.82, 2.24) is 9.55 Å². The summed E-state index contributed by atoms with van der Waals surface area (Å²) in [5, 5.41) is 0.0230. The molecule has 2 aliphatic rings. The highest BCUT2D eigenvalue weighted by atomic mass is 35.5. The van der Waals surface area contributed by atoms with Gasteiger partial charge in [0.1, 0.15) is 23.3 Å². The van der Waals surface area contributed by atoms with Gasteiger partial charge in [-0.3, -0.25) is 9.36 Å². The number of aromatic nitrogens is 2. The SMILES string of the molecule is COCC#Cc1ccc2c(c1)[C@@H](N)C1(CCN(c3cc(=O)n(-c4ccc(F)c(OC)c4Cl)c(C)n3)CC1)C2. The Morgan fingerprint density at radius 1 is 1.21 bits per heavy atom. The maximum absolute atomic E-state index is 14.0. The zero-order chi connectivity index (χ0) is 27.0. The number of ether oxygens (including phenoxy) is 2. The van der Waals surface area contributed by atoms with Crippen LogP contribution in [0.25, 0.3) is 5.69 Å². The largest absolute Gasteiger partial charge is 0.492 e. The Morgan fingerprint density at radius 3 is 2.66 bits per heavy atom. The van der Waals surface area contributed by atoms with Gasteiger partial charge >= 0.3 is 0 Å². The van der Waals surface area contributed by atoms with Crippen molar-refractivity contribution in [3.8, 4) is 23.3 Å². The van der Waals surface area contributed by atoms with E-state index in [0.29, 0.717) is 23.9 Å². The van der Waals surface area contributed by atoms with Gasteiger partial charge in [0.2, 0.25) is 0 Å². The fraction of sp³-hybridized carbons (Fsp3) is 0.379. The second kappa shape index (κ2) is 10.4. The number of benzene rings is 2. The number of hydrogen-bond acceptors (Lipinski definition) is 6. The second-order valence-corrected chi connectivity index (χ2v) is 10.3. The molecule has 3 aromatic rings. The third-order valence-corrected chi connectivity index (χ3v) is 8.13. The van der Waals surface area contributed by atoms with Crippen molar-refractivity contribution < 1.29 is 13.9 Å². The molecule has 1 fully saturated rings. The van der Waals surface area contributed by atoms with E-state index in [-0.39, 0.29) is 27.8 Å². The molecule has 0 saturated carbocycles. The number of methoxy groups -OCH3 is 2. The van der Waals surface area contributed by atoms with Crippen molar-refractivity contribution in [2.75, 3.05) is 38.8 Å². The molecule has 1 aliphatic carbocycles. The van der Waals surface area contributed by atoms with E-state index in [1.54, 1.807) is 14.0 Å². The summed E-state index contributed by atoms with van der Waals surface area (Å²) in [5.74, 6) is 6.51. The van der Waals surface area contributed by atoms with Crippen LogP contribution in [0, 0.1) is 30.0 Å². The van der Waals surface area contributed by atoms with Gasteiger partial charge in [-0.15, -0.1) is 0 Å². The van der Waals surface area contributed by atoms with Gasteiger partial charge in [-0.25, -0.2) is 9.37 Å². The van der Waals surface area contributed by atoms with Crippen LogP contribution in [-0.2, 0) is 11.2 Å². The monoisotopic (exact) mass is 536 g/mol. The van der Waals surface area contributed by atoms with E-state index < -0.39 is 5.82 Å². The van der Waals surface area contributed by atoms with Crippen LogP contribution in [0.2, 0.25) is 5.02 Å². The summed E-state index contributed by atoms with van der Waals surface area (Å²) >= 11 is 6.36. The molecule has 5 rings (SSSR count). The van der Waals surface area contributed by atoms with Gasteiger partial charge in [0.25, 0.3) is 5.56 Å². The van der Waals surface area contributed by atoms with Crippen molar-refractivity contribution in [1.29, 1.82) is 0 Å². The average Bonchev–Trinajstić information content (AvgIpc) is 3.16. The van der Waals surface area contributed by atoms with Crippen LogP contribution in [0.15, 0.2) is 41.2 Å². The molecule has 1 spiro atoms.